The van der Waals surface area contributed by atoms with Gasteiger partial charge in [0, 0.05) is 31.6 Å². The second kappa shape index (κ2) is 10.9. The monoisotopic (exact) mass is 519 g/mol. The van der Waals surface area contributed by atoms with Crippen molar-refractivity contribution in [1.29, 1.82) is 0 Å². The van der Waals surface area contributed by atoms with E-state index in [1.54, 1.807) is 9.80 Å². The predicted molar refractivity (Wildman–Crippen MR) is 148 cm³/mol. The Labute approximate surface area is 225 Å². The summed E-state index contributed by atoms with van der Waals surface area (Å²) in [6.45, 7) is 5.15. The first-order valence-corrected chi connectivity index (χ1v) is 14.0. The van der Waals surface area contributed by atoms with Crippen LogP contribution in [-0.4, -0.2) is 56.4 Å². The molecule has 2 aliphatic heterocycles. The highest BCUT2D eigenvalue weighted by atomic mass is 32.1. The van der Waals surface area contributed by atoms with Gasteiger partial charge in [0.15, 0.2) is 0 Å². The highest BCUT2D eigenvalue weighted by Crippen LogP contribution is 2.34. The van der Waals surface area contributed by atoms with Crippen molar-refractivity contribution in [3.05, 3.63) is 70.8 Å². The average molecular weight is 520 g/mol. The van der Waals surface area contributed by atoms with E-state index < -0.39 is 18.2 Å². The lowest BCUT2D eigenvalue weighted by Gasteiger charge is -2.35. The summed E-state index contributed by atoms with van der Waals surface area (Å²) in [6, 6.07) is 15.3. The molecular weight excluding hydrogens is 482 g/mol. The summed E-state index contributed by atoms with van der Waals surface area (Å²) >= 11 is 5.75. The average Bonchev–Trinajstić information content (AvgIpc) is 3.63. The van der Waals surface area contributed by atoms with Gasteiger partial charge >= 0.3 is 0 Å². The van der Waals surface area contributed by atoms with Crippen molar-refractivity contribution >= 4 is 29.0 Å². The van der Waals surface area contributed by atoms with Crippen LogP contribution in [0.4, 0.5) is 0 Å². The molecule has 1 saturated heterocycles. The first kappa shape index (κ1) is 25.9. The quantitative estimate of drug-likeness (QED) is 0.531. The normalized spacial score (nSPS) is 22.5. The van der Waals surface area contributed by atoms with Crippen LogP contribution in [0.2, 0.25) is 0 Å². The maximum atomic E-state index is 13.9. The molecule has 0 aromatic heterocycles. The van der Waals surface area contributed by atoms with Gasteiger partial charge in [0.1, 0.15) is 6.04 Å². The molecule has 0 unspecified atom stereocenters. The Balaban J connectivity index is 1.26. The highest BCUT2D eigenvalue weighted by molar-refractivity contribution is 7.80. The molecule has 7 heteroatoms. The molecule has 2 heterocycles. The van der Waals surface area contributed by atoms with Gasteiger partial charge in [-0.25, -0.2) is 0 Å². The molecule has 3 atom stereocenters. The molecule has 6 nitrogen and oxygen atoms in total. The fraction of sp³-hybridized carbons (Fsp3) is 0.500. The highest BCUT2D eigenvalue weighted by Gasteiger charge is 2.44. The lowest BCUT2D eigenvalue weighted by atomic mass is 9.97. The van der Waals surface area contributed by atoms with Gasteiger partial charge in [-0.2, -0.15) is 0 Å². The lowest BCUT2D eigenvalue weighted by molar-refractivity contribution is -0.138. The number of likely N-dealkylation sites (tertiary alicyclic amines) is 1. The number of rotatable bonds is 7. The molecule has 1 aliphatic carbocycles. The molecule has 5 rings (SSSR count). The molecule has 1 saturated carbocycles. The zero-order valence-corrected chi connectivity index (χ0v) is 22.5. The zero-order chi connectivity index (χ0) is 26.1. The summed E-state index contributed by atoms with van der Waals surface area (Å²) in [5.74, 6) is 0.347. The smallest absolute Gasteiger partial charge is 0.255 e. The van der Waals surface area contributed by atoms with E-state index in [1.807, 2.05) is 38.1 Å². The second-order valence-electron chi connectivity index (χ2n) is 11.1. The van der Waals surface area contributed by atoms with Gasteiger partial charge in [0.05, 0.1) is 17.1 Å². The van der Waals surface area contributed by atoms with Gasteiger partial charge in [0.2, 0.25) is 5.91 Å². The Morgan fingerprint density at radius 1 is 1.11 bits per heavy atom. The van der Waals surface area contributed by atoms with Crippen molar-refractivity contribution in [1.82, 2.24) is 15.1 Å². The summed E-state index contributed by atoms with van der Waals surface area (Å²) < 4.78 is 0. The molecule has 3 aliphatic rings. The van der Waals surface area contributed by atoms with Crippen LogP contribution in [0.15, 0.2) is 48.5 Å². The molecule has 37 heavy (non-hydrogen) atoms. The Hall–Kier alpha value is -2.77. The Bertz CT molecular complexity index is 1160. The summed E-state index contributed by atoms with van der Waals surface area (Å²) in [4.78, 5) is 31.0. The number of aliphatic hydroxyl groups excluding tert-OH is 1. The number of nitrogens with one attached hydrogen (secondary N) is 1. The molecule has 2 amide bonds. The van der Waals surface area contributed by atoms with Gasteiger partial charge in [0.25, 0.3) is 5.91 Å². The van der Waals surface area contributed by atoms with Gasteiger partial charge in [-0.1, -0.05) is 81.4 Å². The number of carbonyl (C=O) groups is 2. The number of thiocarbonyl (C=S) groups is 1. The number of carbonyl (C=O) groups excluding carboxylic acids is 2. The number of β-amino-alcohol motifs (C(OH)–C–C–N with tert-alkyl or cyclic N) is 1. The van der Waals surface area contributed by atoms with Crippen molar-refractivity contribution in [3.63, 3.8) is 0 Å². The third kappa shape index (κ3) is 5.30. The summed E-state index contributed by atoms with van der Waals surface area (Å²) in [7, 11) is 0. The van der Waals surface area contributed by atoms with Crippen LogP contribution in [0.5, 0.6) is 0 Å². The Morgan fingerprint density at radius 2 is 1.81 bits per heavy atom. The minimum absolute atomic E-state index is 0.0796. The molecule has 2 aromatic rings. The van der Waals surface area contributed by atoms with Crippen molar-refractivity contribution in [2.45, 2.75) is 83.1 Å². The second-order valence-corrected chi connectivity index (χ2v) is 11.6. The molecule has 0 radical (unpaired) electrons. The first-order valence-electron chi connectivity index (χ1n) is 13.6. The molecule has 2 fully saturated rings. The maximum Gasteiger partial charge on any atom is 0.255 e. The van der Waals surface area contributed by atoms with E-state index in [4.69, 9.17) is 12.2 Å². The van der Waals surface area contributed by atoms with Crippen LogP contribution in [-0.2, 0) is 17.9 Å². The fourth-order valence-corrected chi connectivity index (χ4v) is 6.53. The number of nitrogens with zero attached hydrogens (tertiary/aromatic N) is 2. The maximum absolute atomic E-state index is 13.9. The van der Waals surface area contributed by atoms with E-state index in [1.165, 1.54) is 31.2 Å². The largest absolute Gasteiger partial charge is 0.391 e. The first-order chi connectivity index (χ1) is 17.8. The topological polar surface area (TPSA) is 72.9 Å². The van der Waals surface area contributed by atoms with E-state index in [0.29, 0.717) is 36.0 Å². The molecule has 196 valence electrons. The van der Waals surface area contributed by atoms with Crippen LogP contribution in [0.25, 0.3) is 0 Å². The van der Waals surface area contributed by atoms with Gasteiger partial charge < -0.3 is 20.2 Å². The predicted octanol–water partition coefficient (Wildman–Crippen LogP) is 4.40. The van der Waals surface area contributed by atoms with Crippen LogP contribution in [0.1, 0.15) is 78.9 Å². The molecule has 2 aromatic carbocycles. The van der Waals surface area contributed by atoms with Crippen molar-refractivity contribution in [2.75, 3.05) is 6.54 Å². The van der Waals surface area contributed by atoms with Crippen LogP contribution in [0.3, 0.4) is 0 Å². The standard InChI is InChI=1S/C30H37N3O3S/c1-19(2)27(33-17-23-9-5-6-10-25(23)29(33)35)30(36)32-18-24(34)15-26(32)28(37)31-16-20-11-13-22(14-12-20)21-7-3-4-8-21/h5-6,9-14,19,21,24,26-27,34H,3-4,7-8,15-18H2,1-2H3,(H,31,37)/t24-,26+,27+/m1/s1. The summed E-state index contributed by atoms with van der Waals surface area (Å²) in [5, 5.41) is 13.8. The number of hydrogen-bond donors (Lipinski definition) is 2. The minimum atomic E-state index is -0.640. The molecule has 2 N–H and O–H groups in total. The van der Waals surface area contributed by atoms with Crippen LogP contribution in [0, 0.1) is 5.92 Å². The van der Waals surface area contributed by atoms with Crippen molar-refractivity contribution in [3.8, 4) is 0 Å². The van der Waals surface area contributed by atoms with Crippen molar-refractivity contribution < 1.29 is 14.7 Å². The van der Waals surface area contributed by atoms with Gasteiger partial charge in [-0.15, -0.1) is 0 Å². The SMILES string of the molecule is CC(C)[C@@H](C(=O)N1C[C@H](O)C[C@H]1C(=S)NCc1ccc(C2CCCC2)cc1)N1Cc2ccccc2C1=O. The fourth-order valence-electron chi connectivity index (χ4n) is 6.23. The molecular formula is C30H37N3O3S. The zero-order valence-electron chi connectivity index (χ0n) is 21.7. The number of aliphatic hydroxyl groups is 1. The number of hydrogen-bond acceptors (Lipinski definition) is 4. The van der Waals surface area contributed by atoms with Crippen LogP contribution < -0.4 is 5.32 Å². The third-order valence-electron chi connectivity index (χ3n) is 8.21. The number of fused-ring (bicyclic) bond motifs is 1. The van der Waals surface area contributed by atoms with E-state index in [0.717, 1.165) is 11.1 Å². The minimum Gasteiger partial charge on any atom is -0.391 e. The number of amides is 2. The summed E-state index contributed by atoms with van der Waals surface area (Å²) in [6.07, 6.45) is 4.96. The van der Waals surface area contributed by atoms with Crippen molar-refractivity contribution in [2.24, 2.45) is 5.92 Å². The number of benzene rings is 2. The van der Waals surface area contributed by atoms with E-state index in [-0.39, 0.29) is 24.3 Å². The third-order valence-corrected chi connectivity index (χ3v) is 8.62. The van der Waals surface area contributed by atoms with Gasteiger partial charge in [-0.05, 0) is 47.4 Å². The van der Waals surface area contributed by atoms with E-state index >= 15 is 0 Å². The van der Waals surface area contributed by atoms with Gasteiger partial charge in [-0.3, -0.25) is 9.59 Å². The van der Waals surface area contributed by atoms with E-state index in [2.05, 4.69) is 29.6 Å². The molecule has 0 spiro atoms. The van der Waals surface area contributed by atoms with Crippen LogP contribution >= 0.6 is 12.2 Å². The van der Waals surface area contributed by atoms with E-state index in [9.17, 15) is 14.7 Å². The Morgan fingerprint density at radius 3 is 2.49 bits per heavy atom. The lowest BCUT2D eigenvalue weighted by Crippen LogP contribution is -2.55. The summed E-state index contributed by atoms with van der Waals surface area (Å²) in [5.41, 5.74) is 4.16. The Kier molecular flexibility index (Phi) is 7.63. The molecule has 0 bridgehead atoms.